The highest BCUT2D eigenvalue weighted by atomic mass is 19.3. The lowest BCUT2D eigenvalue weighted by Gasteiger charge is -2.33. The summed E-state index contributed by atoms with van der Waals surface area (Å²) in [5, 5.41) is 3.78. The molecule has 1 amide bonds. The minimum Gasteiger partial charge on any atom is -0.490 e. The molecule has 27 heavy (non-hydrogen) atoms. The number of hydrogen-bond acceptors (Lipinski definition) is 3. The molecule has 1 aromatic heterocycles. The monoisotopic (exact) mass is 377 g/mol. The smallest absolute Gasteiger partial charge is 0.256 e. The van der Waals surface area contributed by atoms with Gasteiger partial charge in [-0.15, -0.1) is 0 Å². The number of piperidine rings is 1. The van der Waals surface area contributed by atoms with E-state index in [1.165, 1.54) is 0 Å². The van der Waals surface area contributed by atoms with Crippen molar-refractivity contribution in [2.24, 2.45) is 5.92 Å². The summed E-state index contributed by atoms with van der Waals surface area (Å²) >= 11 is 0. The molecule has 7 heteroatoms. The summed E-state index contributed by atoms with van der Waals surface area (Å²) in [6, 6.07) is 7.48. The van der Waals surface area contributed by atoms with Gasteiger partial charge in [0.05, 0.1) is 12.1 Å². The summed E-state index contributed by atoms with van der Waals surface area (Å²) in [7, 11) is 0. The van der Waals surface area contributed by atoms with Gasteiger partial charge in [0.25, 0.3) is 6.43 Å². The highest BCUT2D eigenvalue weighted by Gasteiger charge is 2.27. The van der Waals surface area contributed by atoms with Gasteiger partial charge in [0, 0.05) is 44.2 Å². The first-order valence-corrected chi connectivity index (χ1v) is 9.60. The van der Waals surface area contributed by atoms with Crippen molar-refractivity contribution in [1.29, 1.82) is 0 Å². The molecule has 3 heterocycles. The lowest BCUT2D eigenvalue weighted by molar-refractivity contribution is -0.119. The number of likely N-dealkylation sites (tertiary alicyclic amines) is 1. The van der Waals surface area contributed by atoms with Gasteiger partial charge in [0.1, 0.15) is 11.9 Å². The Morgan fingerprint density at radius 1 is 1.22 bits per heavy atom. The number of ether oxygens (including phenoxy) is 1. The maximum Gasteiger partial charge on any atom is 0.256 e. The molecule has 0 bridgehead atoms. The number of aromatic nitrogens is 1. The number of halogens is 2. The summed E-state index contributed by atoms with van der Waals surface area (Å²) in [6.45, 7) is 3.35. The van der Waals surface area contributed by atoms with Crippen LogP contribution in [0.4, 0.5) is 8.78 Å². The van der Waals surface area contributed by atoms with Gasteiger partial charge in [0.2, 0.25) is 5.91 Å². The van der Waals surface area contributed by atoms with Crippen LogP contribution in [-0.4, -0.2) is 54.1 Å². The van der Waals surface area contributed by atoms with E-state index in [9.17, 15) is 13.6 Å². The van der Waals surface area contributed by atoms with E-state index in [2.05, 4.69) is 10.2 Å². The maximum atomic E-state index is 12.7. The second-order valence-corrected chi connectivity index (χ2v) is 7.54. The van der Waals surface area contributed by atoms with Crippen LogP contribution in [0.25, 0.3) is 10.9 Å². The average molecular weight is 377 g/mol. The minimum atomic E-state index is -2.38. The van der Waals surface area contributed by atoms with Crippen molar-refractivity contribution < 1.29 is 18.3 Å². The predicted molar refractivity (Wildman–Crippen MR) is 99.1 cm³/mol. The van der Waals surface area contributed by atoms with Crippen LogP contribution in [0.15, 0.2) is 30.5 Å². The summed E-state index contributed by atoms with van der Waals surface area (Å²) in [5.74, 6) is 1.34. The molecule has 146 valence electrons. The van der Waals surface area contributed by atoms with Gasteiger partial charge in [-0.05, 0) is 37.0 Å². The second-order valence-electron chi connectivity index (χ2n) is 7.54. The van der Waals surface area contributed by atoms with Crippen molar-refractivity contribution in [3.05, 3.63) is 30.5 Å². The Bertz CT molecular complexity index is 800. The molecule has 0 radical (unpaired) electrons. The van der Waals surface area contributed by atoms with Gasteiger partial charge in [-0.2, -0.15) is 0 Å². The third-order valence-corrected chi connectivity index (χ3v) is 5.52. The van der Waals surface area contributed by atoms with Crippen molar-refractivity contribution in [3.8, 4) is 5.75 Å². The molecule has 2 aromatic rings. The van der Waals surface area contributed by atoms with Crippen molar-refractivity contribution in [3.63, 3.8) is 0 Å². The first-order valence-electron chi connectivity index (χ1n) is 9.60. The lowest BCUT2D eigenvalue weighted by atomic mass is 10.0. The molecule has 2 aliphatic rings. The van der Waals surface area contributed by atoms with E-state index in [1.807, 2.05) is 24.3 Å². The zero-order valence-corrected chi connectivity index (χ0v) is 15.2. The number of amides is 1. The SMILES string of the molecule is O=C1CC(CN2CCC(Oc3cccc4c3ccn4CC(F)F)CC2)CN1. The van der Waals surface area contributed by atoms with Crippen LogP contribution in [0.1, 0.15) is 19.3 Å². The number of alkyl halides is 2. The molecule has 0 saturated carbocycles. The van der Waals surface area contributed by atoms with Gasteiger partial charge in [-0.1, -0.05) is 6.07 Å². The molecule has 2 aliphatic heterocycles. The Morgan fingerprint density at radius 3 is 2.74 bits per heavy atom. The third kappa shape index (κ3) is 4.24. The molecule has 1 N–H and O–H groups in total. The Morgan fingerprint density at radius 2 is 2.04 bits per heavy atom. The van der Waals surface area contributed by atoms with Crippen molar-refractivity contribution in [2.45, 2.75) is 38.3 Å². The molecule has 1 aromatic carbocycles. The fourth-order valence-electron chi connectivity index (χ4n) is 4.15. The molecular formula is C20H25F2N3O2. The van der Waals surface area contributed by atoms with Crippen molar-refractivity contribution >= 4 is 16.8 Å². The fraction of sp³-hybridized carbons (Fsp3) is 0.550. The number of rotatable bonds is 6. The standard InChI is InChI=1S/C20H25F2N3O2/c21-19(22)13-25-9-6-16-17(25)2-1-3-18(16)27-15-4-7-24(8-5-15)12-14-10-20(26)23-11-14/h1-3,6,9,14-15,19H,4-5,7-8,10-13H2,(H,23,26). The molecular weight excluding hydrogens is 352 g/mol. The van der Waals surface area contributed by atoms with Gasteiger partial charge in [0.15, 0.2) is 0 Å². The normalized spacial score (nSPS) is 21.9. The quantitative estimate of drug-likeness (QED) is 0.842. The van der Waals surface area contributed by atoms with Gasteiger partial charge in [-0.25, -0.2) is 8.78 Å². The van der Waals surface area contributed by atoms with E-state index in [0.717, 1.165) is 55.7 Å². The number of benzene rings is 1. The number of nitrogens with one attached hydrogen (secondary N) is 1. The maximum absolute atomic E-state index is 12.7. The second kappa shape index (κ2) is 7.84. The van der Waals surface area contributed by atoms with E-state index in [0.29, 0.717) is 12.3 Å². The Kier molecular flexibility index (Phi) is 5.29. The van der Waals surface area contributed by atoms with E-state index in [4.69, 9.17) is 4.74 Å². The molecule has 2 saturated heterocycles. The van der Waals surface area contributed by atoms with E-state index >= 15 is 0 Å². The molecule has 5 nitrogen and oxygen atoms in total. The highest BCUT2D eigenvalue weighted by Crippen LogP contribution is 2.29. The predicted octanol–water partition coefficient (Wildman–Crippen LogP) is 2.89. The lowest BCUT2D eigenvalue weighted by Crippen LogP contribution is -2.41. The Hall–Kier alpha value is -2.15. The van der Waals surface area contributed by atoms with Crippen molar-refractivity contribution in [1.82, 2.24) is 14.8 Å². The van der Waals surface area contributed by atoms with Crippen molar-refractivity contribution in [2.75, 3.05) is 26.2 Å². The van der Waals surface area contributed by atoms with E-state index in [-0.39, 0.29) is 18.6 Å². The molecule has 0 aliphatic carbocycles. The van der Waals surface area contributed by atoms with Crippen LogP contribution < -0.4 is 10.1 Å². The zero-order chi connectivity index (χ0) is 18.8. The molecule has 2 fully saturated rings. The summed E-state index contributed by atoms with van der Waals surface area (Å²) in [4.78, 5) is 13.7. The van der Waals surface area contributed by atoms with Crippen LogP contribution in [0.2, 0.25) is 0 Å². The number of hydrogen-bond donors (Lipinski definition) is 1. The van der Waals surface area contributed by atoms with Crippen LogP contribution >= 0.6 is 0 Å². The Labute approximate surface area is 157 Å². The average Bonchev–Trinajstić information content (AvgIpc) is 3.23. The molecule has 1 unspecified atom stereocenters. The molecule has 0 spiro atoms. The number of nitrogens with zero attached hydrogens (tertiary/aromatic N) is 2. The minimum absolute atomic E-state index is 0.133. The van der Waals surface area contributed by atoms with Crippen LogP contribution in [-0.2, 0) is 11.3 Å². The number of carbonyl (C=O) groups excluding carboxylic acids is 1. The highest BCUT2D eigenvalue weighted by molar-refractivity contribution is 5.86. The zero-order valence-electron chi connectivity index (χ0n) is 15.2. The fourth-order valence-corrected chi connectivity index (χ4v) is 4.15. The molecule has 1 atom stereocenters. The van der Waals surface area contributed by atoms with Crippen LogP contribution in [0.5, 0.6) is 5.75 Å². The first kappa shape index (κ1) is 18.2. The van der Waals surface area contributed by atoms with Gasteiger partial charge < -0.3 is 19.5 Å². The van der Waals surface area contributed by atoms with E-state index < -0.39 is 6.43 Å². The first-order chi connectivity index (χ1) is 13.1. The van der Waals surface area contributed by atoms with Crippen LogP contribution in [0.3, 0.4) is 0 Å². The van der Waals surface area contributed by atoms with Gasteiger partial charge >= 0.3 is 0 Å². The summed E-state index contributed by atoms with van der Waals surface area (Å²) in [6.07, 6.45) is 1.95. The Balaban J connectivity index is 1.35. The number of carbonyl (C=O) groups is 1. The topological polar surface area (TPSA) is 46.5 Å². The van der Waals surface area contributed by atoms with Gasteiger partial charge in [-0.3, -0.25) is 4.79 Å². The van der Waals surface area contributed by atoms with E-state index in [1.54, 1.807) is 10.8 Å². The molecule has 4 rings (SSSR count). The summed E-state index contributed by atoms with van der Waals surface area (Å²) in [5.41, 5.74) is 0.781. The van der Waals surface area contributed by atoms with Crippen LogP contribution in [0, 0.1) is 5.92 Å². The third-order valence-electron chi connectivity index (χ3n) is 5.52. The largest absolute Gasteiger partial charge is 0.490 e. The number of fused-ring (bicyclic) bond motifs is 1. The summed E-state index contributed by atoms with van der Waals surface area (Å²) < 4.78 is 33.3.